The van der Waals surface area contributed by atoms with Crippen LogP contribution in [0.15, 0.2) is 24.3 Å². The van der Waals surface area contributed by atoms with Crippen molar-refractivity contribution in [3.05, 3.63) is 29.8 Å². The monoisotopic (exact) mass is 271 g/mol. The number of hydrogen-bond acceptors (Lipinski definition) is 5. The first-order chi connectivity index (χ1) is 8.27. The van der Waals surface area contributed by atoms with Gasteiger partial charge in [0.05, 0.1) is 7.11 Å². The van der Waals surface area contributed by atoms with Crippen molar-refractivity contribution >= 4 is 21.5 Å². The predicted octanol–water partition coefficient (Wildman–Crippen LogP) is 1.01. The molecule has 1 aromatic carbocycles. The fourth-order valence-corrected chi connectivity index (χ4v) is 2.71. The normalized spacial score (nSPS) is 12.9. The van der Waals surface area contributed by atoms with Crippen molar-refractivity contribution in [1.82, 2.24) is 0 Å². The third-order valence-corrected chi connectivity index (χ3v) is 3.88. The second-order valence-electron chi connectivity index (χ2n) is 4.22. The minimum absolute atomic E-state index is 0.412. The molecule has 0 saturated heterocycles. The first kappa shape index (κ1) is 14.5. The smallest absolute Gasteiger partial charge is 0.328 e. The topological polar surface area (TPSA) is 63.7 Å². The Morgan fingerprint density at radius 2 is 1.72 bits per heavy atom. The van der Waals surface area contributed by atoms with E-state index in [1.54, 1.807) is 24.3 Å². The Morgan fingerprint density at radius 3 is 2.06 bits per heavy atom. The van der Waals surface area contributed by atoms with Crippen LogP contribution < -0.4 is 4.90 Å². The van der Waals surface area contributed by atoms with E-state index >= 15 is 0 Å². The van der Waals surface area contributed by atoms with Gasteiger partial charge in [-0.05, 0) is 17.7 Å². The molecule has 0 spiro atoms. The van der Waals surface area contributed by atoms with Gasteiger partial charge in [0.25, 0.3) is 0 Å². The number of carbonyl (C=O) groups is 1. The molecule has 0 radical (unpaired) electrons. The highest BCUT2D eigenvalue weighted by molar-refractivity contribution is 7.91. The standard InChI is InChI=1S/C12H17NO4S/c1-13(2)10-7-5-9(6-8-10)11(12(14)17-3)18(4,15)16/h5-8,11H,1-4H3. The number of methoxy groups -OCH3 is 1. The lowest BCUT2D eigenvalue weighted by molar-refractivity contribution is -0.140. The highest BCUT2D eigenvalue weighted by Gasteiger charge is 2.31. The van der Waals surface area contributed by atoms with E-state index in [0.717, 1.165) is 11.9 Å². The molecule has 0 aromatic heterocycles. The number of esters is 1. The van der Waals surface area contributed by atoms with Gasteiger partial charge < -0.3 is 9.64 Å². The van der Waals surface area contributed by atoms with Gasteiger partial charge in [-0.3, -0.25) is 4.79 Å². The SMILES string of the molecule is COC(=O)C(c1ccc(N(C)C)cc1)S(C)(=O)=O. The van der Waals surface area contributed by atoms with Crippen molar-refractivity contribution < 1.29 is 17.9 Å². The maximum absolute atomic E-state index is 11.6. The Balaban J connectivity index is 3.19. The van der Waals surface area contributed by atoms with Crippen LogP contribution in [0.4, 0.5) is 5.69 Å². The van der Waals surface area contributed by atoms with Crippen LogP contribution in [0.5, 0.6) is 0 Å². The largest absolute Gasteiger partial charge is 0.468 e. The molecule has 1 aromatic rings. The minimum Gasteiger partial charge on any atom is -0.468 e. The van der Waals surface area contributed by atoms with Crippen molar-refractivity contribution in [2.24, 2.45) is 0 Å². The second-order valence-corrected chi connectivity index (χ2v) is 6.35. The van der Waals surface area contributed by atoms with Gasteiger partial charge in [0.2, 0.25) is 0 Å². The van der Waals surface area contributed by atoms with E-state index < -0.39 is 21.1 Å². The van der Waals surface area contributed by atoms with Gasteiger partial charge in [-0.15, -0.1) is 0 Å². The van der Waals surface area contributed by atoms with Gasteiger partial charge in [-0.2, -0.15) is 0 Å². The molecular weight excluding hydrogens is 254 g/mol. The molecule has 0 aliphatic carbocycles. The zero-order valence-corrected chi connectivity index (χ0v) is 11.7. The van der Waals surface area contributed by atoms with Crippen LogP contribution in [-0.2, 0) is 19.4 Å². The first-order valence-corrected chi connectivity index (χ1v) is 7.27. The summed E-state index contributed by atoms with van der Waals surface area (Å²) in [4.78, 5) is 13.5. The molecule has 0 amide bonds. The van der Waals surface area contributed by atoms with E-state index in [1.165, 1.54) is 7.11 Å². The molecule has 0 saturated carbocycles. The number of carbonyl (C=O) groups excluding carboxylic acids is 1. The van der Waals surface area contributed by atoms with Crippen LogP contribution >= 0.6 is 0 Å². The number of anilines is 1. The Bertz CT molecular complexity index is 520. The van der Waals surface area contributed by atoms with Crippen LogP contribution in [0.3, 0.4) is 0 Å². The second kappa shape index (κ2) is 5.39. The lowest BCUT2D eigenvalue weighted by Crippen LogP contribution is -2.22. The molecule has 6 heteroatoms. The summed E-state index contributed by atoms with van der Waals surface area (Å²) in [5.41, 5.74) is 1.34. The molecule has 1 atom stereocenters. The summed E-state index contributed by atoms with van der Waals surface area (Å²) in [6.07, 6.45) is 1.02. The summed E-state index contributed by atoms with van der Waals surface area (Å²) in [7, 11) is 1.38. The number of rotatable bonds is 4. The van der Waals surface area contributed by atoms with Crippen molar-refractivity contribution in [2.45, 2.75) is 5.25 Å². The van der Waals surface area contributed by atoms with E-state index in [4.69, 9.17) is 0 Å². The Morgan fingerprint density at radius 1 is 1.22 bits per heavy atom. The molecule has 0 aliphatic heterocycles. The van der Waals surface area contributed by atoms with Gasteiger partial charge in [0, 0.05) is 26.0 Å². The van der Waals surface area contributed by atoms with Gasteiger partial charge >= 0.3 is 5.97 Å². The number of hydrogen-bond donors (Lipinski definition) is 0. The molecule has 100 valence electrons. The zero-order valence-electron chi connectivity index (χ0n) is 10.9. The molecule has 1 rings (SSSR count). The maximum atomic E-state index is 11.6. The number of nitrogens with zero attached hydrogens (tertiary/aromatic N) is 1. The van der Waals surface area contributed by atoms with Crippen LogP contribution in [0.1, 0.15) is 10.8 Å². The summed E-state index contributed by atoms with van der Waals surface area (Å²) >= 11 is 0. The summed E-state index contributed by atoms with van der Waals surface area (Å²) in [6.45, 7) is 0. The molecule has 0 heterocycles. The third-order valence-electron chi connectivity index (χ3n) is 2.56. The summed E-state index contributed by atoms with van der Waals surface area (Å²) in [6, 6.07) is 6.77. The number of ether oxygens (including phenoxy) is 1. The van der Waals surface area contributed by atoms with Gasteiger partial charge in [-0.25, -0.2) is 8.42 Å². The zero-order chi connectivity index (χ0) is 13.9. The van der Waals surface area contributed by atoms with Crippen molar-refractivity contribution in [3.8, 4) is 0 Å². The van der Waals surface area contributed by atoms with Crippen molar-refractivity contribution in [3.63, 3.8) is 0 Å². The van der Waals surface area contributed by atoms with E-state index in [0.29, 0.717) is 5.56 Å². The van der Waals surface area contributed by atoms with E-state index in [9.17, 15) is 13.2 Å². The van der Waals surface area contributed by atoms with Crippen LogP contribution in [0, 0.1) is 0 Å². The molecule has 0 fully saturated rings. The van der Waals surface area contributed by atoms with Crippen LogP contribution in [-0.4, -0.2) is 41.8 Å². The fraction of sp³-hybridized carbons (Fsp3) is 0.417. The molecule has 0 bridgehead atoms. The van der Waals surface area contributed by atoms with E-state index in [2.05, 4.69) is 4.74 Å². The molecule has 18 heavy (non-hydrogen) atoms. The number of sulfone groups is 1. The highest BCUT2D eigenvalue weighted by Crippen LogP contribution is 2.25. The van der Waals surface area contributed by atoms with Crippen LogP contribution in [0.2, 0.25) is 0 Å². The lowest BCUT2D eigenvalue weighted by Gasteiger charge is -2.16. The molecule has 1 unspecified atom stereocenters. The quantitative estimate of drug-likeness (QED) is 0.765. The van der Waals surface area contributed by atoms with Gasteiger partial charge in [0.1, 0.15) is 0 Å². The van der Waals surface area contributed by atoms with E-state index in [1.807, 2.05) is 19.0 Å². The Labute approximate surface area is 107 Å². The average molecular weight is 271 g/mol. The first-order valence-electron chi connectivity index (χ1n) is 5.31. The van der Waals surface area contributed by atoms with Crippen molar-refractivity contribution in [1.29, 1.82) is 0 Å². The average Bonchev–Trinajstić information content (AvgIpc) is 2.27. The Hall–Kier alpha value is -1.56. The Kier molecular flexibility index (Phi) is 4.34. The minimum atomic E-state index is -3.55. The summed E-state index contributed by atoms with van der Waals surface area (Å²) < 4.78 is 27.8. The molecular formula is C12H17NO4S. The molecule has 0 N–H and O–H groups in total. The third kappa shape index (κ3) is 3.22. The summed E-state index contributed by atoms with van der Waals surface area (Å²) in [5.74, 6) is -0.768. The molecule has 5 nitrogen and oxygen atoms in total. The predicted molar refractivity (Wildman–Crippen MR) is 70.4 cm³/mol. The summed E-state index contributed by atoms with van der Waals surface area (Å²) in [5, 5.41) is -1.27. The molecule has 0 aliphatic rings. The number of benzene rings is 1. The maximum Gasteiger partial charge on any atom is 0.328 e. The van der Waals surface area contributed by atoms with Gasteiger partial charge in [-0.1, -0.05) is 12.1 Å². The van der Waals surface area contributed by atoms with Crippen molar-refractivity contribution in [2.75, 3.05) is 32.4 Å². The highest BCUT2D eigenvalue weighted by atomic mass is 32.2. The lowest BCUT2D eigenvalue weighted by atomic mass is 10.1. The van der Waals surface area contributed by atoms with Crippen LogP contribution in [0.25, 0.3) is 0 Å². The van der Waals surface area contributed by atoms with Gasteiger partial charge in [0.15, 0.2) is 15.1 Å². The fourth-order valence-electron chi connectivity index (χ4n) is 1.61. The van der Waals surface area contributed by atoms with E-state index in [-0.39, 0.29) is 0 Å².